The highest BCUT2D eigenvalue weighted by atomic mass is 32.1. The molecule has 132 valence electrons. The van der Waals surface area contributed by atoms with E-state index in [1.165, 1.54) is 16.2 Å². The number of nitrogen functional groups attached to an aromatic ring is 1. The molecule has 1 saturated heterocycles. The average molecular weight is 367 g/mol. The van der Waals surface area contributed by atoms with E-state index in [0.717, 1.165) is 16.6 Å². The van der Waals surface area contributed by atoms with Crippen LogP contribution >= 0.6 is 11.3 Å². The summed E-state index contributed by atoms with van der Waals surface area (Å²) in [5.74, 6) is -1.29. The van der Waals surface area contributed by atoms with Gasteiger partial charge in [0.15, 0.2) is 0 Å². The van der Waals surface area contributed by atoms with Gasteiger partial charge in [0.1, 0.15) is 15.7 Å². The summed E-state index contributed by atoms with van der Waals surface area (Å²) in [7, 11) is 0. The number of aliphatic carboxylic acids is 1. The highest BCUT2D eigenvalue weighted by molar-refractivity contribution is 7.21. The van der Waals surface area contributed by atoms with Crippen LogP contribution in [0.2, 0.25) is 0 Å². The molecule has 3 heterocycles. The van der Waals surface area contributed by atoms with Gasteiger partial charge in [0.05, 0.1) is 11.4 Å². The van der Waals surface area contributed by atoms with Crippen molar-refractivity contribution in [2.75, 3.05) is 12.3 Å². The lowest BCUT2D eigenvalue weighted by molar-refractivity contribution is -0.141. The van der Waals surface area contributed by atoms with E-state index in [1.54, 1.807) is 0 Å². The van der Waals surface area contributed by atoms with Crippen LogP contribution in [0, 0.1) is 0 Å². The number of likely N-dealkylation sites (tertiary alicyclic amines) is 1. The number of carboxylic acids is 1. The molecular weight excluding hydrogens is 350 g/mol. The topological polar surface area (TPSA) is 96.5 Å². The second kappa shape index (κ2) is 6.42. The average Bonchev–Trinajstić information content (AvgIpc) is 3.27. The molecule has 0 saturated carbocycles. The van der Waals surface area contributed by atoms with Gasteiger partial charge in [-0.25, -0.2) is 9.78 Å². The number of benzene rings is 1. The minimum Gasteiger partial charge on any atom is -0.480 e. The summed E-state index contributed by atoms with van der Waals surface area (Å²) in [6.07, 6.45) is 1.16. The lowest BCUT2D eigenvalue weighted by Gasteiger charge is -2.20. The summed E-state index contributed by atoms with van der Waals surface area (Å²) in [5, 5.41) is 10.0. The number of rotatable bonds is 3. The van der Waals surface area contributed by atoms with Gasteiger partial charge in [-0.05, 0) is 25.0 Å². The van der Waals surface area contributed by atoms with Crippen LogP contribution in [0.1, 0.15) is 22.5 Å². The smallest absolute Gasteiger partial charge is 0.326 e. The number of nitrogens with two attached hydrogens (primary N) is 1. The third-order valence-electron chi connectivity index (χ3n) is 4.66. The maximum atomic E-state index is 12.9. The van der Waals surface area contributed by atoms with E-state index in [2.05, 4.69) is 4.98 Å². The zero-order valence-electron chi connectivity index (χ0n) is 13.9. The Morgan fingerprint density at radius 1 is 1.19 bits per heavy atom. The largest absolute Gasteiger partial charge is 0.480 e. The number of pyridine rings is 1. The molecule has 0 unspecified atom stereocenters. The fraction of sp³-hybridized carbons (Fsp3) is 0.211. The maximum absolute atomic E-state index is 12.9. The van der Waals surface area contributed by atoms with Crippen molar-refractivity contribution >= 4 is 39.1 Å². The van der Waals surface area contributed by atoms with E-state index in [1.807, 2.05) is 42.5 Å². The minimum atomic E-state index is -0.972. The Balaban J connectivity index is 1.73. The van der Waals surface area contributed by atoms with Crippen LogP contribution < -0.4 is 5.73 Å². The Morgan fingerprint density at radius 3 is 2.69 bits per heavy atom. The van der Waals surface area contributed by atoms with Gasteiger partial charge in [0.2, 0.25) is 0 Å². The number of nitrogens with zero attached hydrogens (tertiary/aromatic N) is 2. The van der Waals surface area contributed by atoms with E-state index in [9.17, 15) is 14.7 Å². The molecule has 0 radical (unpaired) electrons. The highest BCUT2D eigenvalue weighted by Gasteiger charge is 2.36. The van der Waals surface area contributed by atoms with Crippen molar-refractivity contribution in [3.05, 3.63) is 47.3 Å². The van der Waals surface area contributed by atoms with Gasteiger partial charge in [-0.3, -0.25) is 4.79 Å². The van der Waals surface area contributed by atoms with Gasteiger partial charge in [-0.2, -0.15) is 0 Å². The van der Waals surface area contributed by atoms with Crippen molar-refractivity contribution in [1.82, 2.24) is 9.88 Å². The lowest BCUT2D eigenvalue weighted by Crippen LogP contribution is -2.40. The van der Waals surface area contributed by atoms with Crippen molar-refractivity contribution in [3.63, 3.8) is 0 Å². The summed E-state index contributed by atoms with van der Waals surface area (Å²) in [6.45, 7) is 0.437. The van der Waals surface area contributed by atoms with Gasteiger partial charge >= 0.3 is 5.97 Å². The number of carbonyl (C=O) groups excluding carboxylic acids is 1. The number of hydrogen-bond donors (Lipinski definition) is 2. The van der Waals surface area contributed by atoms with Crippen LogP contribution in [0.5, 0.6) is 0 Å². The molecule has 3 aromatic rings. The number of fused-ring (bicyclic) bond motifs is 1. The normalized spacial score (nSPS) is 16.9. The molecule has 3 N–H and O–H groups in total. The standard InChI is InChI=1S/C19H17N3O3S/c20-15-12-8-9-13(11-5-2-1-3-6-11)21-17(12)26-16(15)18(23)22-10-4-7-14(22)19(24)25/h1-3,5-6,8-9,14H,4,7,10,20H2,(H,24,25)/t14-/m0/s1. The lowest BCUT2D eigenvalue weighted by atomic mass is 10.1. The van der Waals surface area contributed by atoms with E-state index < -0.39 is 12.0 Å². The molecule has 6 nitrogen and oxygen atoms in total. The molecule has 1 atom stereocenters. The summed E-state index contributed by atoms with van der Waals surface area (Å²) in [5.41, 5.74) is 8.36. The Morgan fingerprint density at radius 2 is 1.96 bits per heavy atom. The van der Waals surface area contributed by atoms with E-state index >= 15 is 0 Å². The molecule has 26 heavy (non-hydrogen) atoms. The second-order valence-corrected chi connectivity index (χ2v) is 7.25. The SMILES string of the molecule is Nc1c(C(=O)N2CCC[C@H]2C(=O)O)sc2nc(-c3ccccc3)ccc12. The van der Waals surface area contributed by atoms with Gasteiger partial charge in [-0.15, -0.1) is 11.3 Å². The number of carboxylic acid groups (broad SMARTS) is 1. The van der Waals surface area contributed by atoms with E-state index in [0.29, 0.717) is 34.8 Å². The van der Waals surface area contributed by atoms with Gasteiger partial charge in [0.25, 0.3) is 5.91 Å². The first-order chi connectivity index (χ1) is 12.6. The fourth-order valence-electron chi connectivity index (χ4n) is 3.32. The Hall–Kier alpha value is -2.93. The molecule has 0 bridgehead atoms. The second-order valence-electron chi connectivity index (χ2n) is 6.25. The van der Waals surface area contributed by atoms with Crippen molar-refractivity contribution < 1.29 is 14.7 Å². The first kappa shape index (κ1) is 16.5. The first-order valence-corrected chi connectivity index (χ1v) is 9.16. The maximum Gasteiger partial charge on any atom is 0.326 e. The van der Waals surface area contributed by atoms with Crippen LogP contribution in [0.4, 0.5) is 5.69 Å². The van der Waals surface area contributed by atoms with Gasteiger partial charge in [-0.1, -0.05) is 30.3 Å². The molecule has 2 aromatic heterocycles. The fourth-order valence-corrected chi connectivity index (χ4v) is 4.37. The Kier molecular flexibility index (Phi) is 4.08. The van der Waals surface area contributed by atoms with Crippen LogP contribution in [0.15, 0.2) is 42.5 Å². The highest BCUT2D eigenvalue weighted by Crippen LogP contribution is 2.36. The van der Waals surface area contributed by atoms with E-state index in [-0.39, 0.29) is 5.91 Å². The molecule has 1 aliphatic heterocycles. The van der Waals surface area contributed by atoms with E-state index in [4.69, 9.17) is 5.73 Å². The molecule has 4 rings (SSSR count). The molecule has 1 fully saturated rings. The zero-order chi connectivity index (χ0) is 18.3. The Labute approximate surface area is 153 Å². The number of thiophene rings is 1. The molecule has 0 aliphatic carbocycles. The van der Waals surface area contributed by atoms with Crippen molar-refractivity contribution in [2.45, 2.75) is 18.9 Å². The summed E-state index contributed by atoms with van der Waals surface area (Å²) in [4.78, 5) is 31.3. The zero-order valence-corrected chi connectivity index (χ0v) is 14.7. The van der Waals surface area contributed by atoms with Crippen LogP contribution in [0.3, 0.4) is 0 Å². The summed E-state index contributed by atoms with van der Waals surface area (Å²) in [6, 6.07) is 12.7. The van der Waals surface area contributed by atoms with Crippen LogP contribution in [-0.2, 0) is 4.79 Å². The molecular formula is C19H17N3O3S. The number of carbonyl (C=O) groups is 2. The summed E-state index contributed by atoms with van der Waals surface area (Å²) < 4.78 is 0. The predicted molar refractivity (Wildman–Crippen MR) is 101 cm³/mol. The first-order valence-electron chi connectivity index (χ1n) is 8.34. The quantitative estimate of drug-likeness (QED) is 0.741. The van der Waals surface area contributed by atoms with Gasteiger partial charge < -0.3 is 15.7 Å². The third-order valence-corrected chi connectivity index (χ3v) is 5.76. The minimum absolute atomic E-state index is 0.323. The molecule has 1 aromatic carbocycles. The predicted octanol–water partition coefficient (Wildman–Crippen LogP) is 3.23. The Bertz CT molecular complexity index is 1000. The number of anilines is 1. The number of amides is 1. The molecule has 1 amide bonds. The van der Waals surface area contributed by atoms with Gasteiger partial charge in [0, 0.05) is 17.5 Å². The van der Waals surface area contributed by atoms with Crippen LogP contribution in [-0.4, -0.2) is 39.5 Å². The number of aromatic nitrogens is 1. The molecule has 0 spiro atoms. The van der Waals surface area contributed by atoms with Crippen LogP contribution in [0.25, 0.3) is 21.5 Å². The van der Waals surface area contributed by atoms with Crippen molar-refractivity contribution in [3.8, 4) is 11.3 Å². The monoisotopic (exact) mass is 367 g/mol. The molecule has 1 aliphatic rings. The molecule has 7 heteroatoms. The van der Waals surface area contributed by atoms with Crippen molar-refractivity contribution in [1.29, 1.82) is 0 Å². The van der Waals surface area contributed by atoms with Crippen molar-refractivity contribution in [2.24, 2.45) is 0 Å². The third kappa shape index (κ3) is 2.70. The number of hydrogen-bond acceptors (Lipinski definition) is 5. The summed E-state index contributed by atoms with van der Waals surface area (Å²) >= 11 is 1.22.